The second-order valence-electron chi connectivity index (χ2n) is 8.99. The summed E-state index contributed by atoms with van der Waals surface area (Å²) < 4.78 is 0. The number of amides is 1. The summed E-state index contributed by atoms with van der Waals surface area (Å²) in [7, 11) is 0. The summed E-state index contributed by atoms with van der Waals surface area (Å²) in [6.45, 7) is 2.89. The van der Waals surface area contributed by atoms with E-state index in [1.54, 1.807) is 0 Å². The third kappa shape index (κ3) is 4.21. The molecule has 35 heavy (non-hydrogen) atoms. The summed E-state index contributed by atoms with van der Waals surface area (Å²) in [4.78, 5) is 17.2. The van der Waals surface area contributed by atoms with Crippen molar-refractivity contribution in [1.82, 2.24) is 15.1 Å². The minimum atomic E-state index is 0.179. The molecule has 1 aromatic heterocycles. The van der Waals surface area contributed by atoms with Crippen molar-refractivity contribution in [2.75, 3.05) is 31.1 Å². The second-order valence-corrected chi connectivity index (χ2v) is 8.99. The number of rotatable bonds is 4. The maximum atomic E-state index is 13.0. The van der Waals surface area contributed by atoms with E-state index in [2.05, 4.69) is 75.8 Å². The van der Waals surface area contributed by atoms with Crippen molar-refractivity contribution in [3.8, 4) is 11.3 Å². The number of nitrogens with zero attached hydrogens (tertiary/aromatic N) is 4. The van der Waals surface area contributed by atoms with Crippen LogP contribution in [0, 0.1) is 0 Å². The summed E-state index contributed by atoms with van der Waals surface area (Å²) in [6.07, 6.45) is 0.431. The van der Waals surface area contributed by atoms with Crippen LogP contribution < -0.4 is 4.90 Å². The molecule has 0 atom stereocenters. The Morgan fingerprint density at radius 3 is 2.06 bits per heavy atom. The minimum absolute atomic E-state index is 0.179. The number of aromatic nitrogens is 2. The van der Waals surface area contributed by atoms with E-state index in [0.29, 0.717) is 19.5 Å². The second kappa shape index (κ2) is 9.18. The Morgan fingerprint density at radius 2 is 1.31 bits per heavy atom. The van der Waals surface area contributed by atoms with Gasteiger partial charge in [0.1, 0.15) is 0 Å². The van der Waals surface area contributed by atoms with E-state index in [-0.39, 0.29) is 5.91 Å². The average molecular weight is 459 g/mol. The molecule has 5 heteroatoms. The van der Waals surface area contributed by atoms with E-state index in [0.717, 1.165) is 41.1 Å². The first kappa shape index (κ1) is 21.3. The van der Waals surface area contributed by atoms with Crippen LogP contribution in [0.1, 0.15) is 5.56 Å². The fraction of sp³-hybridized carbons (Fsp3) is 0.167. The molecule has 1 aliphatic rings. The number of fused-ring (bicyclic) bond motifs is 2. The third-order valence-electron chi connectivity index (χ3n) is 6.89. The molecule has 0 aliphatic carbocycles. The van der Waals surface area contributed by atoms with Crippen LogP contribution in [-0.2, 0) is 11.2 Å². The molecule has 5 nitrogen and oxygen atoms in total. The minimum Gasteiger partial charge on any atom is -0.352 e. The highest BCUT2D eigenvalue weighted by Gasteiger charge is 2.23. The molecule has 0 spiro atoms. The van der Waals surface area contributed by atoms with E-state index in [9.17, 15) is 4.79 Å². The molecule has 2 heterocycles. The van der Waals surface area contributed by atoms with Gasteiger partial charge in [-0.2, -0.15) is 0 Å². The molecule has 5 aromatic rings. The molecule has 0 N–H and O–H groups in total. The van der Waals surface area contributed by atoms with Crippen molar-refractivity contribution >= 4 is 33.3 Å². The van der Waals surface area contributed by atoms with E-state index in [1.165, 1.54) is 16.2 Å². The molecular formula is C30H26N4O. The Balaban J connectivity index is 1.12. The third-order valence-corrected chi connectivity index (χ3v) is 6.89. The van der Waals surface area contributed by atoms with Crippen molar-refractivity contribution in [3.63, 3.8) is 0 Å². The Morgan fingerprint density at radius 1 is 0.657 bits per heavy atom. The Labute approximate surface area is 204 Å². The van der Waals surface area contributed by atoms with E-state index in [1.807, 2.05) is 41.3 Å². The first-order chi connectivity index (χ1) is 17.3. The van der Waals surface area contributed by atoms with Crippen LogP contribution >= 0.6 is 0 Å². The predicted octanol–water partition coefficient (Wildman–Crippen LogP) is 5.34. The zero-order valence-electron chi connectivity index (χ0n) is 19.5. The average Bonchev–Trinajstić information content (AvgIpc) is 2.93. The van der Waals surface area contributed by atoms with Gasteiger partial charge in [0.05, 0.1) is 12.1 Å². The molecule has 0 bridgehead atoms. The SMILES string of the molecule is O=C(Cc1cccc2ccccc12)N1CCN(c2ccc(-c3cccc4ccccc34)nn2)CC1. The van der Waals surface area contributed by atoms with Crippen LogP contribution in [0.2, 0.25) is 0 Å². The first-order valence-electron chi connectivity index (χ1n) is 12.1. The Hall–Kier alpha value is -4.25. The lowest BCUT2D eigenvalue weighted by molar-refractivity contribution is -0.130. The molecule has 1 amide bonds. The van der Waals surface area contributed by atoms with E-state index >= 15 is 0 Å². The van der Waals surface area contributed by atoms with Gasteiger partial charge < -0.3 is 9.80 Å². The monoisotopic (exact) mass is 458 g/mol. The summed E-state index contributed by atoms with van der Waals surface area (Å²) in [5, 5.41) is 13.8. The molecule has 0 radical (unpaired) electrons. The summed E-state index contributed by atoms with van der Waals surface area (Å²) >= 11 is 0. The molecular weight excluding hydrogens is 432 g/mol. The summed E-state index contributed by atoms with van der Waals surface area (Å²) in [6, 6.07) is 33.1. The van der Waals surface area contributed by atoms with Crippen LogP contribution in [-0.4, -0.2) is 47.2 Å². The van der Waals surface area contributed by atoms with Crippen molar-refractivity contribution in [1.29, 1.82) is 0 Å². The van der Waals surface area contributed by atoms with Crippen molar-refractivity contribution in [2.45, 2.75) is 6.42 Å². The maximum Gasteiger partial charge on any atom is 0.227 e. The van der Waals surface area contributed by atoms with Gasteiger partial charge in [-0.1, -0.05) is 84.9 Å². The lowest BCUT2D eigenvalue weighted by Gasteiger charge is -2.35. The van der Waals surface area contributed by atoms with Gasteiger partial charge in [-0.05, 0) is 39.2 Å². The van der Waals surface area contributed by atoms with Crippen LogP contribution in [0.4, 0.5) is 5.82 Å². The van der Waals surface area contributed by atoms with Crippen LogP contribution in [0.5, 0.6) is 0 Å². The van der Waals surface area contributed by atoms with Gasteiger partial charge in [0.2, 0.25) is 5.91 Å². The van der Waals surface area contributed by atoms with Gasteiger partial charge in [0.25, 0.3) is 0 Å². The smallest absolute Gasteiger partial charge is 0.227 e. The van der Waals surface area contributed by atoms with E-state index < -0.39 is 0 Å². The summed E-state index contributed by atoms with van der Waals surface area (Å²) in [5.41, 5.74) is 3.05. The van der Waals surface area contributed by atoms with Crippen LogP contribution in [0.15, 0.2) is 97.1 Å². The number of carbonyl (C=O) groups is 1. The van der Waals surface area contributed by atoms with Gasteiger partial charge in [-0.15, -0.1) is 10.2 Å². The quantitative estimate of drug-likeness (QED) is 0.365. The highest BCUT2D eigenvalue weighted by atomic mass is 16.2. The molecule has 1 fully saturated rings. The van der Waals surface area contributed by atoms with Crippen LogP contribution in [0.3, 0.4) is 0 Å². The first-order valence-corrected chi connectivity index (χ1v) is 12.1. The lowest BCUT2D eigenvalue weighted by Crippen LogP contribution is -2.49. The summed E-state index contributed by atoms with van der Waals surface area (Å²) in [5.74, 6) is 1.04. The van der Waals surface area contributed by atoms with Gasteiger partial charge in [0.15, 0.2) is 5.82 Å². The van der Waals surface area contributed by atoms with Crippen molar-refractivity contribution < 1.29 is 4.79 Å². The number of hydrogen-bond donors (Lipinski definition) is 0. The normalized spacial score (nSPS) is 13.9. The number of carbonyl (C=O) groups excluding carboxylic acids is 1. The Kier molecular flexibility index (Phi) is 5.59. The zero-order valence-corrected chi connectivity index (χ0v) is 19.5. The predicted molar refractivity (Wildman–Crippen MR) is 141 cm³/mol. The molecule has 0 unspecified atom stereocenters. The fourth-order valence-corrected chi connectivity index (χ4v) is 4.99. The highest BCUT2D eigenvalue weighted by molar-refractivity contribution is 5.95. The Bertz CT molecular complexity index is 1490. The molecule has 6 rings (SSSR count). The maximum absolute atomic E-state index is 13.0. The molecule has 0 saturated carbocycles. The number of anilines is 1. The molecule has 4 aromatic carbocycles. The number of benzene rings is 4. The van der Waals surface area contributed by atoms with Gasteiger partial charge >= 0.3 is 0 Å². The fourth-order valence-electron chi connectivity index (χ4n) is 4.99. The van der Waals surface area contributed by atoms with Gasteiger partial charge in [0, 0.05) is 31.7 Å². The highest BCUT2D eigenvalue weighted by Crippen LogP contribution is 2.28. The molecule has 1 aliphatic heterocycles. The zero-order chi connectivity index (χ0) is 23.6. The lowest BCUT2D eigenvalue weighted by atomic mass is 10.0. The topological polar surface area (TPSA) is 49.3 Å². The molecule has 172 valence electrons. The number of hydrogen-bond acceptors (Lipinski definition) is 4. The van der Waals surface area contributed by atoms with Gasteiger partial charge in [-0.25, -0.2) is 0 Å². The van der Waals surface area contributed by atoms with Crippen LogP contribution in [0.25, 0.3) is 32.8 Å². The standard InChI is InChI=1S/C30H26N4O/c35-30(21-24-11-5-9-22-7-1-3-12-25(22)24)34-19-17-33(18-20-34)29-16-15-28(31-32-29)27-14-6-10-23-8-2-4-13-26(23)27/h1-16H,17-21H2. The van der Waals surface area contributed by atoms with E-state index in [4.69, 9.17) is 0 Å². The number of piperazine rings is 1. The largest absolute Gasteiger partial charge is 0.352 e. The molecule has 1 saturated heterocycles. The van der Waals surface area contributed by atoms with Crippen molar-refractivity contribution in [3.05, 3.63) is 103 Å². The van der Waals surface area contributed by atoms with Gasteiger partial charge in [-0.3, -0.25) is 4.79 Å². The van der Waals surface area contributed by atoms with Crippen molar-refractivity contribution in [2.24, 2.45) is 0 Å².